The maximum absolute atomic E-state index is 5.47. The Bertz CT molecular complexity index is 923. The lowest BCUT2D eigenvalue weighted by Crippen LogP contribution is -2.28. The number of aromatic nitrogens is 3. The Balaban J connectivity index is 1.70. The molecule has 1 aromatic heterocycles. The van der Waals surface area contributed by atoms with Crippen molar-refractivity contribution in [1.29, 1.82) is 0 Å². The number of benzene rings is 2. The number of nitrogens with zero attached hydrogens (tertiary/aromatic N) is 3. The number of ether oxygens (including phenoxy) is 3. The van der Waals surface area contributed by atoms with Crippen LogP contribution in [0.4, 0.5) is 5.95 Å². The minimum absolute atomic E-state index is 0.0376. The van der Waals surface area contributed by atoms with E-state index < -0.39 is 0 Å². The summed E-state index contributed by atoms with van der Waals surface area (Å²) in [7, 11) is 4.95. The van der Waals surface area contributed by atoms with Crippen molar-refractivity contribution in [3.8, 4) is 17.2 Å². The van der Waals surface area contributed by atoms with Gasteiger partial charge in [-0.15, -0.1) is 0 Å². The molecule has 1 aliphatic rings. The third-order valence-electron chi connectivity index (χ3n) is 4.94. The molecule has 0 fully saturated rings. The molecule has 0 bridgehead atoms. The Hall–Kier alpha value is -3.22. The quantitative estimate of drug-likeness (QED) is 0.746. The Morgan fingerprint density at radius 3 is 2.37 bits per heavy atom. The van der Waals surface area contributed by atoms with Gasteiger partial charge in [0.05, 0.1) is 33.4 Å². The third-order valence-corrected chi connectivity index (χ3v) is 4.94. The lowest BCUT2D eigenvalue weighted by Gasteiger charge is -2.32. The zero-order valence-electron chi connectivity index (χ0n) is 15.5. The highest BCUT2D eigenvalue weighted by molar-refractivity contribution is 5.46. The summed E-state index contributed by atoms with van der Waals surface area (Å²) in [6, 6.07) is 14.2. The van der Waals surface area contributed by atoms with Crippen LogP contribution in [0.2, 0.25) is 0 Å². The second-order valence-corrected chi connectivity index (χ2v) is 6.36. The summed E-state index contributed by atoms with van der Waals surface area (Å²) in [5.74, 6) is 3.01. The van der Waals surface area contributed by atoms with Gasteiger partial charge in [-0.3, -0.25) is 0 Å². The number of hydrogen-bond donors (Lipinski definition) is 1. The lowest BCUT2D eigenvalue weighted by molar-refractivity contribution is 0.352. The monoisotopic (exact) mass is 366 g/mol. The molecule has 4 rings (SSSR count). The first-order chi connectivity index (χ1) is 13.2. The van der Waals surface area contributed by atoms with Gasteiger partial charge in [-0.1, -0.05) is 18.2 Å². The van der Waals surface area contributed by atoms with E-state index in [1.54, 1.807) is 27.7 Å². The van der Waals surface area contributed by atoms with Crippen molar-refractivity contribution in [2.45, 2.75) is 18.5 Å². The van der Waals surface area contributed by atoms with Gasteiger partial charge in [-0.05, 0) is 41.8 Å². The zero-order valence-corrected chi connectivity index (χ0v) is 15.5. The van der Waals surface area contributed by atoms with Gasteiger partial charge in [0.25, 0.3) is 0 Å². The fraction of sp³-hybridized carbons (Fsp3) is 0.300. The number of rotatable bonds is 5. The maximum Gasteiger partial charge on any atom is 0.222 e. The number of nitrogens with one attached hydrogen (secondary N) is 1. The van der Waals surface area contributed by atoms with E-state index in [1.165, 1.54) is 5.56 Å². The topological polar surface area (TPSA) is 70.4 Å². The van der Waals surface area contributed by atoms with E-state index in [9.17, 15) is 0 Å². The molecule has 0 saturated heterocycles. The van der Waals surface area contributed by atoms with E-state index in [1.807, 2.05) is 35.0 Å². The molecule has 0 radical (unpaired) electrons. The minimum atomic E-state index is 0.0376. The second kappa shape index (κ2) is 7.19. The van der Waals surface area contributed by atoms with Gasteiger partial charge < -0.3 is 19.5 Å². The summed E-state index contributed by atoms with van der Waals surface area (Å²) >= 11 is 0. The van der Waals surface area contributed by atoms with Crippen molar-refractivity contribution in [3.63, 3.8) is 0 Å². The van der Waals surface area contributed by atoms with Gasteiger partial charge in [0.2, 0.25) is 5.95 Å². The zero-order chi connectivity index (χ0) is 18.8. The van der Waals surface area contributed by atoms with Crippen LogP contribution in [-0.2, 0) is 0 Å². The van der Waals surface area contributed by atoms with Crippen molar-refractivity contribution < 1.29 is 14.2 Å². The molecular formula is C20H22N4O3. The summed E-state index contributed by atoms with van der Waals surface area (Å²) in [5, 5.41) is 7.89. The highest BCUT2D eigenvalue weighted by Gasteiger charge is 2.30. The van der Waals surface area contributed by atoms with Gasteiger partial charge in [-0.2, -0.15) is 10.1 Å². The van der Waals surface area contributed by atoms with Crippen LogP contribution in [0.5, 0.6) is 17.2 Å². The molecule has 2 atom stereocenters. The second-order valence-electron chi connectivity index (χ2n) is 6.36. The fourth-order valence-corrected chi connectivity index (χ4v) is 3.51. The Kier molecular flexibility index (Phi) is 4.58. The molecule has 0 amide bonds. The minimum Gasteiger partial charge on any atom is -0.497 e. The highest BCUT2D eigenvalue weighted by atomic mass is 16.5. The first-order valence-electron chi connectivity index (χ1n) is 8.75. The molecule has 7 nitrogen and oxygen atoms in total. The summed E-state index contributed by atoms with van der Waals surface area (Å²) in [6.45, 7) is 0. The molecule has 1 aliphatic heterocycles. The molecule has 0 unspecified atom stereocenters. The predicted molar refractivity (Wildman–Crippen MR) is 102 cm³/mol. The lowest BCUT2D eigenvalue weighted by atomic mass is 9.93. The average molecular weight is 366 g/mol. The van der Waals surface area contributed by atoms with E-state index in [4.69, 9.17) is 14.2 Å². The summed E-state index contributed by atoms with van der Waals surface area (Å²) in [4.78, 5) is 4.38. The molecule has 1 N–H and O–H groups in total. The van der Waals surface area contributed by atoms with Crippen LogP contribution in [0.15, 0.2) is 48.8 Å². The summed E-state index contributed by atoms with van der Waals surface area (Å²) in [5.41, 5.74) is 2.27. The van der Waals surface area contributed by atoms with Gasteiger partial charge in [-0.25, -0.2) is 4.68 Å². The third kappa shape index (κ3) is 3.16. The van der Waals surface area contributed by atoms with E-state index in [0.717, 1.165) is 23.7 Å². The Morgan fingerprint density at radius 2 is 1.67 bits per heavy atom. The molecule has 27 heavy (non-hydrogen) atoms. The fourth-order valence-electron chi connectivity index (χ4n) is 3.51. The molecular weight excluding hydrogens is 344 g/mol. The molecule has 0 saturated carbocycles. The van der Waals surface area contributed by atoms with Crippen LogP contribution >= 0.6 is 0 Å². The Morgan fingerprint density at radius 1 is 0.926 bits per heavy atom. The molecule has 2 heterocycles. The van der Waals surface area contributed by atoms with Gasteiger partial charge >= 0.3 is 0 Å². The first-order valence-corrected chi connectivity index (χ1v) is 8.75. The Labute approximate surface area is 157 Å². The van der Waals surface area contributed by atoms with Crippen molar-refractivity contribution in [3.05, 3.63) is 59.9 Å². The maximum atomic E-state index is 5.47. The van der Waals surface area contributed by atoms with Gasteiger partial charge in [0, 0.05) is 0 Å². The van der Waals surface area contributed by atoms with Crippen molar-refractivity contribution >= 4 is 5.95 Å². The van der Waals surface area contributed by atoms with Gasteiger partial charge in [0.15, 0.2) is 11.5 Å². The number of methoxy groups -OCH3 is 3. The van der Waals surface area contributed by atoms with E-state index in [-0.39, 0.29) is 12.1 Å². The molecule has 7 heteroatoms. The van der Waals surface area contributed by atoms with Crippen molar-refractivity contribution in [2.75, 3.05) is 26.6 Å². The standard InChI is InChI=1S/C20H22N4O3/c1-25-15-7-4-13(5-8-15)16-11-17(24-20(23-16)21-12-22-24)14-6-9-18(26-2)19(10-14)27-3/h4-10,12,16-17H,11H2,1-3H3,(H,21,22,23)/t16-,17-/m1/s1. The number of fused-ring (bicyclic) bond motifs is 1. The van der Waals surface area contributed by atoms with Crippen LogP contribution in [0, 0.1) is 0 Å². The molecule has 140 valence electrons. The van der Waals surface area contributed by atoms with Crippen LogP contribution < -0.4 is 19.5 Å². The first kappa shape index (κ1) is 17.2. The normalized spacial score (nSPS) is 18.3. The molecule has 0 aliphatic carbocycles. The largest absolute Gasteiger partial charge is 0.497 e. The van der Waals surface area contributed by atoms with E-state index in [2.05, 4.69) is 27.5 Å². The summed E-state index contributed by atoms with van der Waals surface area (Å²) in [6.07, 6.45) is 2.41. The summed E-state index contributed by atoms with van der Waals surface area (Å²) < 4.78 is 18.0. The van der Waals surface area contributed by atoms with Crippen molar-refractivity contribution in [2.24, 2.45) is 0 Å². The van der Waals surface area contributed by atoms with Crippen LogP contribution in [-0.4, -0.2) is 36.1 Å². The SMILES string of the molecule is COc1ccc([C@H]2C[C@H](c3ccc(OC)c(OC)c3)n3ncnc3N2)cc1. The van der Waals surface area contributed by atoms with E-state index in [0.29, 0.717) is 11.5 Å². The molecule has 3 aromatic rings. The average Bonchev–Trinajstić information content (AvgIpc) is 3.21. The van der Waals surface area contributed by atoms with E-state index >= 15 is 0 Å². The molecule has 0 spiro atoms. The van der Waals surface area contributed by atoms with Crippen LogP contribution in [0.25, 0.3) is 0 Å². The highest BCUT2D eigenvalue weighted by Crippen LogP contribution is 2.40. The van der Waals surface area contributed by atoms with Crippen molar-refractivity contribution in [1.82, 2.24) is 14.8 Å². The number of hydrogen-bond acceptors (Lipinski definition) is 6. The number of anilines is 1. The van der Waals surface area contributed by atoms with Crippen LogP contribution in [0.1, 0.15) is 29.6 Å². The van der Waals surface area contributed by atoms with Gasteiger partial charge in [0.1, 0.15) is 12.1 Å². The predicted octanol–water partition coefficient (Wildman–Crippen LogP) is 3.45. The smallest absolute Gasteiger partial charge is 0.222 e. The molecule has 2 aromatic carbocycles. The van der Waals surface area contributed by atoms with Crippen LogP contribution in [0.3, 0.4) is 0 Å².